The monoisotopic (exact) mass is 257 g/mol. The molecule has 4 fully saturated rings. The first-order valence-electron chi connectivity index (χ1n) is 6.70. The number of hydrogen-bond acceptors (Lipinski definition) is 4. The summed E-state index contributed by atoms with van der Waals surface area (Å²) in [6, 6.07) is 3.33. The molecule has 4 aliphatic rings. The fraction of sp³-hybridized carbons (Fsp3) is 0.500. The van der Waals surface area contributed by atoms with Crippen LogP contribution in [0.5, 0.6) is 0 Å². The number of carbonyl (C=O) groups is 1. The van der Waals surface area contributed by atoms with Crippen LogP contribution in [-0.2, 0) is 0 Å². The first-order valence-corrected chi connectivity index (χ1v) is 6.70. The van der Waals surface area contributed by atoms with Crippen molar-refractivity contribution in [1.29, 1.82) is 0 Å². The van der Waals surface area contributed by atoms with Crippen LogP contribution in [0, 0.1) is 29.6 Å². The third kappa shape index (κ3) is 1.48. The van der Waals surface area contributed by atoms with Gasteiger partial charge < -0.3 is 5.11 Å². The van der Waals surface area contributed by atoms with E-state index in [1.54, 1.807) is 24.5 Å². The predicted octanol–water partition coefficient (Wildman–Crippen LogP) is 0.672. The summed E-state index contributed by atoms with van der Waals surface area (Å²) in [7, 11) is 0. The number of aliphatic hydroxyl groups excluding tert-OH is 1. The van der Waals surface area contributed by atoms with Crippen LogP contribution >= 0.6 is 0 Å². The fourth-order valence-electron chi connectivity index (χ4n) is 4.12. The van der Waals surface area contributed by atoms with Gasteiger partial charge in [-0.15, -0.1) is 0 Å². The van der Waals surface area contributed by atoms with Gasteiger partial charge in [0.15, 0.2) is 0 Å². The molecule has 1 heterocycles. The molecule has 19 heavy (non-hydrogen) atoms. The first kappa shape index (κ1) is 11.1. The quantitative estimate of drug-likeness (QED) is 0.782. The predicted molar refractivity (Wildman–Crippen MR) is 68.3 cm³/mol. The van der Waals surface area contributed by atoms with Crippen LogP contribution in [0.15, 0.2) is 29.6 Å². The lowest BCUT2D eigenvalue weighted by molar-refractivity contribution is 0.0954. The van der Waals surface area contributed by atoms with E-state index in [0.29, 0.717) is 29.2 Å². The molecule has 5 heteroatoms. The number of hydrazone groups is 1. The van der Waals surface area contributed by atoms with E-state index in [-0.39, 0.29) is 12.5 Å². The minimum absolute atomic E-state index is 0.197. The van der Waals surface area contributed by atoms with Gasteiger partial charge in [-0.1, -0.05) is 0 Å². The van der Waals surface area contributed by atoms with Crippen molar-refractivity contribution in [2.75, 3.05) is 6.61 Å². The van der Waals surface area contributed by atoms with Crippen molar-refractivity contribution < 1.29 is 9.90 Å². The van der Waals surface area contributed by atoms with Gasteiger partial charge in [-0.05, 0) is 36.3 Å². The van der Waals surface area contributed by atoms with E-state index >= 15 is 0 Å². The first-order chi connectivity index (χ1) is 9.31. The SMILES string of the molecule is O=C(N/N=C1/C2C[C@H]3C(C2CO)[C@H]13)c1ccncc1. The van der Waals surface area contributed by atoms with E-state index in [4.69, 9.17) is 0 Å². The van der Waals surface area contributed by atoms with Crippen molar-refractivity contribution in [3.8, 4) is 0 Å². The number of amides is 1. The molecule has 2 N–H and O–H groups in total. The Labute approximate surface area is 110 Å². The third-order valence-electron chi connectivity index (χ3n) is 4.93. The van der Waals surface area contributed by atoms with Gasteiger partial charge in [0, 0.05) is 42.1 Å². The fourth-order valence-corrected chi connectivity index (χ4v) is 4.12. The molecule has 5 atom stereocenters. The molecule has 0 saturated heterocycles. The summed E-state index contributed by atoms with van der Waals surface area (Å²) < 4.78 is 0. The standard InChI is InChI=1S/C14H15N3O2/c18-6-10-8-5-9-11(10)12(9)13(8)16-17-14(19)7-1-3-15-4-2-7/h1-4,8-12,18H,5-6H2,(H,17,19)/b16-13-/t8?,9-,10?,11?,12+/m0/s1. The van der Waals surface area contributed by atoms with E-state index in [1.165, 1.54) is 0 Å². The highest BCUT2D eigenvalue weighted by Crippen LogP contribution is 2.71. The molecule has 5 nitrogen and oxygen atoms in total. The van der Waals surface area contributed by atoms with Crippen LogP contribution in [0.25, 0.3) is 0 Å². The number of rotatable bonds is 3. The topological polar surface area (TPSA) is 74.6 Å². The molecule has 98 valence electrons. The lowest BCUT2D eigenvalue weighted by Crippen LogP contribution is -2.22. The van der Waals surface area contributed by atoms with Gasteiger partial charge >= 0.3 is 0 Å². The highest BCUT2D eigenvalue weighted by atomic mass is 16.3. The molecule has 0 radical (unpaired) electrons. The van der Waals surface area contributed by atoms with E-state index in [9.17, 15) is 9.90 Å². The lowest BCUT2D eigenvalue weighted by Gasteiger charge is -2.11. The average Bonchev–Trinajstić information content (AvgIpc) is 2.78. The van der Waals surface area contributed by atoms with Gasteiger partial charge in [0.2, 0.25) is 0 Å². The summed E-state index contributed by atoms with van der Waals surface area (Å²) in [6.45, 7) is 0.250. The molecule has 1 aromatic rings. The van der Waals surface area contributed by atoms with E-state index in [0.717, 1.165) is 18.1 Å². The van der Waals surface area contributed by atoms with Crippen LogP contribution in [0.3, 0.4) is 0 Å². The summed E-state index contributed by atoms with van der Waals surface area (Å²) in [4.78, 5) is 15.8. The van der Waals surface area contributed by atoms with Crippen molar-refractivity contribution in [2.45, 2.75) is 6.42 Å². The Kier molecular flexibility index (Phi) is 2.26. The molecule has 1 amide bonds. The van der Waals surface area contributed by atoms with Crippen molar-refractivity contribution in [2.24, 2.45) is 34.7 Å². The molecule has 0 spiro atoms. The smallest absolute Gasteiger partial charge is 0.271 e. The highest BCUT2D eigenvalue weighted by Gasteiger charge is 2.72. The Bertz CT molecular complexity index is 557. The van der Waals surface area contributed by atoms with E-state index in [1.807, 2.05) is 0 Å². The highest BCUT2D eigenvalue weighted by molar-refractivity contribution is 6.00. The minimum Gasteiger partial charge on any atom is -0.396 e. The Balaban J connectivity index is 1.49. The van der Waals surface area contributed by atoms with Gasteiger partial charge in [0.1, 0.15) is 0 Å². The number of aromatic nitrogens is 1. The molecule has 5 rings (SSSR count). The van der Waals surface area contributed by atoms with Gasteiger partial charge in [0.05, 0.1) is 0 Å². The van der Waals surface area contributed by atoms with Crippen LogP contribution in [-0.4, -0.2) is 28.3 Å². The Hall–Kier alpha value is -1.75. The zero-order valence-electron chi connectivity index (χ0n) is 10.4. The normalized spacial score (nSPS) is 39.6. The zero-order valence-corrected chi connectivity index (χ0v) is 10.4. The number of nitrogens with zero attached hydrogens (tertiary/aromatic N) is 2. The van der Waals surface area contributed by atoms with Gasteiger partial charge in [-0.3, -0.25) is 9.78 Å². The number of pyridine rings is 1. The van der Waals surface area contributed by atoms with Crippen LogP contribution < -0.4 is 5.43 Å². The number of nitrogens with one attached hydrogen (secondary N) is 1. The zero-order chi connectivity index (χ0) is 13.0. The lowest BCUT2D eigenvalue weighted by atomic mass is 9.98. The average molecular weight is 257 g/mol. The van der Waals surface area contributed by atoms with Gasteiger partial charge in [-0.25, -0.2) is 5.43 Å². The van der Waals surface area contributed by atoms with Crippen molar-refractivity contribution in [3.05, 3.63) is 30.1 Å². The molecule has 0 aromatic carbocycles. The van der Waals surface area contributed by atoms with Gasteiger partial charge in [-0.2, -0.15) is 5.10 Å². The maximum atomic E-state index is 11.9. The molecule has 4 bridgehead atoms. The van der Waals surface area contributed by atoms with Gasteiger partial charge in [0.25, 0.3) is 5.91 Å². The Morgan fingerprint density at radius 2 is 2.26 bits per heavy atom. The summed E-state index contributed by atoms with van der Waals surface area (Å²) in [5.74, 6) is 2.45. The maximum absolute atomic E-state index is 11.9. The number of hydrogen-bond donors (Lipinski definition) is 2. The van der Waals surface area contributed by atoms with E-state index in [2.05, 4.69) is 15.5 Å². The van der Waals surface area contributed by atoms with Crippen molar-refractivity contribution >= 4 is 11.6 Å². The summed E-state index contributed by atoms with van der Waals surface area (Å²) >= 11 is 0. The van der Waals surface area contributed by atoms with Crippen molar-refractivity contribution in [3.63, 3.8) is 0 Å². The Morgan fingerprint density at radius 1 is 1.47 bits per heavy atom. The Morgan fingerprint density at radius 3 is 2.89 bits per heavy atom. The molecule has 3 unspecified atom stereocenters. The molecular formula is C14H15N3O2. The second-order valence-electron chi connectivity index (χ2n) is 5.67. The van der Waals surface area contributed by atoms with Crippen LogP contribution in [0.4, 0.5) is 0 Å². The second kappa shape index (κ2) is 3.87. The molecule has 1 aromatic heterocycles. The second-order valence-corrected chi connectivity index (χ2v) is 5.67. The molecule has 0 aliphatic heterocycles. The largest absolute Gasteiger partial charge is 0.396 e. The molecular weight excluding hydrogens is 242 g/mol. The molecule has 4 saturated carbocycles. The summed E-state index contributed by atoms with van der Waals surface area (Å²) in [6.07, 6.45) is 4.32. The van der Waals surface area contributed by atoms with E-state index < -0.39 is 0 Å². The van der Waals surface area contributed by atoms with Crippen LogP contribution in [0.2, 0.25) is 0 Å². The third-order valence-corrected chi connectivity index (χ3v) is 4.93. The minimum atomic E-state index is -0.197. The maximum Gasteiger partial charge on any atom is 0.271 e. The molecule has 4 aliphatic carbocycles. The van der Waals surface area contributed by atoms with Crippen molar-refractivity contribution in [1.82, 2.24) is 10.4 Å². The summed E-state index contributed by atoms with van der Waals surface area (Å²) in [5, 5.41) is 13.7. The number of carbonyl (C=O) groups excluding carboxylic acids is 1. The number of aliphatic hydroxyl groups is 1. The summed E-state index contributed by atoms with van der Waals surface area (Å²) in [5.41, 5.74) is 4.31. The van der Waals surface area contributed by atoms with Crippen LogP contribution in [0.1, 0.15) is 16.8 Å².